The Bertz CT molecular complexity index is 352. The molecule has 0 aliphatic rings. The van der Waals surface area contributed by atoms with Crippen LogP contribution in [0.3, 0.4) is 0 Å². The van der Waals surface area contributed by atoms with Crippen LogP contribution in [0.2, 0.25) is 0 Å². The van der Waals surface area contributed by atoms with Crippen LogP contribution in [0.5, 0.6) is 0 Å². The van der Waals surface area contributed by atoms with E-state index in [9.17, 15) is 0 Å². The third-order valence-electron chi connectivity index (χ3n) is 3.86. The van der Waals surface area contributed by atoms with Gasteiger partial charge in [0, 0.05) is 6.42 Å². The van der Waals surface area contributed by atoms with Crippen molar-refractivity contribution >= 4 is 11.3 Å². The van der Waals surface area contributed by atoms with Gasteiger partial charge in [0.2, 0.25) is 0 Å². The van der Waals surface area contributed by atoms with Crippen molar-refractivity contribution in [2.45, 2.75) is 91.0 Å². The second kappa shape index (κ2) is 12.1. The van der Waals surface area contributed by atoms with Crippen molar-refractivity contribution in [3.63, 3.8) is 0 Å². The molecule has 0 aliphatic heterocycles. The van der Waals surface area contributed by atoms with Crippen molar-refractivity contribution < 1.29 is 0 Å². The lowest BCUT2D eigenvalue weighted by molar-refractivity contribution is 0.564. The largest absolute Gasteiger partial charge is 0.308 e. The maximum Gasteiger partial charge on any atom is 0.134 e. The number of nitrogens with one attached hydrogen (secondary N) is 1. The number of unbranched alkanes of at least 4 members (excludes halogenated alkanes) is 8. The van der Waals surface area contributed by atoms with Crippen LogP contribution in [0.1, 0.15) is 94.6 Å². The Labute approximate surface area is 135 Å². The molecule has 4 heteroatoms. The van der Waals surface area contributed by atoms with E-state index in [1.807, 2.05) is 0 Å². The molecule has 1 N–H and O–H groups in total. The summed E-state index contributed by atoms with van der Waals surface area (Å²) in [5.41, 5.74) is 0. The second-order valence-electron chi connectivity index (χ2n) is 5.89. The number of aromatic nitrogens is 2. The lowest BCUT2D eigenvalue weighted by Crippen LogP contribution is -2.17. The SMILES string of the molecule is CCCCCCCCCCCc1nnc(C(C)NCC)s1. The quantitative estimate of drug-likeness (QED) is 0.503. The van der Waals surface area contributed by atoms with Gasteiger partial charge in [-0.1, -0.05) is 76.6 Å². The zero-order valence-corrected chi connectivity index (χ0v) is 15.0. The highest BCUT2D eigenvalue weighted by Crippen LogP contribution is 2.19. The van der Waals surface area contributed by atoms with Crippen LogP contribution in [0.25, 0.3) is 0 Å². The van der Waals surface area contributed by atoms with Gasteiger partial charge in [-0.15, -0.1) is 10.2 Å². The van der Waals surface area contributed by atoms with Gasteiger partial charge in [0.25, 0.3) is 0 Å². The molecule has 0 radical (unpaired) electrons. The fourth-order valence-corrected chi connectivity index (χ4v) is 3.43. The van der Waals surface area contributed by atoms with E-state index in [2.05, 4.69) is 36.3 Å². The van der Waals surface area contributed by atoms with Crippen LogP contribution in [-0.4, -0.2) is 16.7 Å². The maximum absolute atomic E-state index is 4.32. The maximum atomic E-state index is 4.32. The Kier molecular flexibility index (Phi) is 10.7. The van der Waals surface area contributed by atoms with Gasteiger partial charge in [-0.2, -0.15) is 0 Å². The standard InChI is InChI=1S/C17H33N3S/c1-4-6-7-8-9-10-11-12-13-14-16-19-20-17(21-16)15(3)18-5-2/h15,18H,4-14H2,1-3H3. The van der Waals surface area contributed by atoms with Crippen LogP contribution in [0.4, 0.5) is 0 Å². The number of hydrogen-bond donors (Lipinski definition) is 1. The second-order valence-corrected chi connectivity index (χ2v) is 6.99. The summed E-state index contributed by atoms with van der Waals surface area (Å²) in [7, 11) is 0. The molecule has 0 saturated heterocycles. The molecular weight excluding hydrogens is 278 g/mol. The topological polar surface area (TPSA) is 37.8 Å². The van der Waals surface area contributed by atoms with Crippen LogP contribution in [-0.2, 0) is 6.42 Å². The smallest absolute Gasteiger partial charge is 0.134 e. The number of hydrogen-bond acceptors (Lipinski definition) is 4. The van der Waals surface area contributed by atoms with E-state index in [0.29, 0.717) is 6.04 Å². The number of nitrogens with zero attached hydrogens (tertiary/aromatic N) is 2. The average Bonchev–Trinajstić information content (AvgIpc) is 2.95. The van der Waals surface area contributed by atoms with E-state index < -0.39 is 0 Å². The summed E-state index contributed by atoms with van der Waals surface area (Å²) in [5.74, 6) is 0. The van der Waals surface area contributed by atoms with Crippen molar-refractivity contribution in [2.24, 2.45) is 0 Å². The van der Waals surface area contributed by atoms with Gasteiger partial charge in [-0.05, 0) is 19.9 Å². The summed E-state index contributed by atoms with van der Waals surface area (Å²) in [6.45, 7) is 7.54. The van der Waals surface area contributed by atoms with E-state index >= 15 is 0 Å². The third kappa shape index (κ3) is 8.52. The van der Waals surface area contributed by atoms with Crippen molar-refractivity contribution in [3.05, 3.63) is 10.0 Å². The minimum atomic E-state index is 0.337. The first kappa shape index (κ1) is 18.6. The predicted octanol–water partition coefficient (Wildman–Crippen LogP) is 5.28. The molecule has 1 unspecified atom stereocenters. The Morgan fingerprint density at radius 1 is 0.905 bits per heavy atom. The summed E-state index contributed by atoms with van der Waals surface area (Å²) >= 11 is 1.77. The molecule has 21 heavy (non-hydrogen) atoms. The highest BCUT2D eigenvalue weighted by Gasteiger charge is 2.10. The van der Waals surface area contributed by atoms with Gasteiger partial charge in [-0.25, -0.2) is 0 Å². The molecule has 1 aromatic rings. The van der Waals surface area contributed by atoms with E-state index in [1.54, 1.807) is 11.3 Å². The minimum Gasteiger partial charge on any atom is -0.308 e. The first-order valence-electron chi connectivity index (χ1n) is 8.83. The zero-order valence-electron chi connectivity index (χ0n) is 14.2. The minimum absolute atomic E-state index is 0.337. The van der Waals surface area contributed by atoms with E-state index in [0.717, 1.165) is 18.0 Å². The summed E-state index contributed by atoms with van der Waals surface area (Å²) in [5, 5.41) is 14.3. The van der Waals surface area contributed by atoms with Gasteiger partial charge in [-0.3, -0.25) is 0 Å². The van der Waals surface area contributed by atoms with E-state index in [-0.39, 0.29) is 0 Å². The fourth-order valence-electron chi connectivity index (χ4n) is 2.52. The highest BCUT2D eigenvalue weighted by molar-refractivity contribution is 7.11. The fraction of sp³-hybridized carbons (Fsp3) is 0.882. The van der Waals surface area contributed by atoms with Crippen LogP contribution in [0.15, 0.2) is 0 Å². The first-order chi connectivity index (χ1) is 10.3. The molecular formula is C17H33N3S. The Balaban J connectivity index is 2.03. The highest BCUT2D eigenvalue weighted by atomic mass is 32.1. The molecule has 1 heterocycles. The molecule has 0 fully saturated rings. The summed E-state index contributed by atoms with van der Waals surface area (Å²) in [6, 6.07) is 0.337. The molecule has 0 spiro atoms. The first-order valence-corrected chi connectivity index (χ1v) is 9.65. The van der Waals surface area contributed by atoms with Crippen LogP contribution < -0.4 is 5.32 Å². The number of aryl methyl sites for hydroxylation is 1. The molecule has 122 valence electrons. The van der Waals surface area contributed by atoms with Gasteiger partial charge >= 0.3 is 0 Å². The van der Waals surface area contributed by atoms with Crippen molar-refractivity contribution in [3.8, 4) is 0 Å². The van der Waals surface area contributed by atoms with Gasteiger partial charge in [0.05, 0.1) is 6.04 Å². The molecule has 0 aliphatic carbocycles. The van der Waals surface area contributed by atoms with Crippen molar-refractivity contribution in [1.82, 2.24) is 15.5 Å². The molecule has 0 saturated carbocycles. The molecule has 1 rings (SSSR count). The Morgan fingerprint density at radius 3 is 2.14 bits per heavy atom. The Hall–Kier alpha value is -0.480. The summed E-state index contributed by atoms with van der Waals surface area (Å²) in [4.78, 5) is 0. The summed E-state index contributed by atoms with van der Waals surface area (Å²) in [6.07, 6.45) is 13.5. The predicted molar refractivity (Wildman–Crippen MR) is 92.9 cm³/mol. The lowest BCUT2D eigenvalue weighted by Gasteiger charge is -2.06. The lowest BCUT2D eigenvalue weighted by atomic mass is 10.1. The van der Waals surface area contributed by atoms with E-state index in [1.165, 1.54) is 62.8 Å². The van der Waals surface area contributed by atoms with Gasteiger partial charge in [0.1, 0.15) is 10.0 Å². The van der Waals surface area contributed by atoms with Crippen LogP contribution >= 0.6 is 11.3 Å². The van der Waals surface area contributed by atoms with Crippen molar-refractivity contribution in [2.75, 3.05) is 6.54 Å². The average molecular weight is 312 g/mol. The van der Waals surface area contributed by atoms with E-state index in [4.69, 9.17) is 0 Å². The zero-order chi connectivity index (χ0) is 15.3. The molecule has 0 amide bonds. The number of rotatable bonds is 13. The molecule has 1 atom stereocenters. The van der Waals surface area contributed by atoms with Crippen LogP contribution in [0, 0.1) is 0 Å². The summed E-state index contributed by atoms with van der Waals surface area (Å²) < 4.78 is 0. The Morgan fingerprint density at radius 2 is 1.52 bits per heavy atom. The van der Waals surface area contributed by atoms with Crippen molar-refractivity contribution in [1.29, 1.82) is 0 Å². The van der Waals surface area contributed by atoms with Gasteiger partial charge in [0.15, 0.2) is 0 Å². The van der Waals surface area contributed by atoms with Gasteiger partial charge < -0.3 is 5.32 Å². The molecule has 0 bridgehead atoms. The monoisotopic (exact) mass is 311 g/mol. The third-order valence-corrected chi connectivity index (χ3v) is 5.02. The molecule has 1 aromatic heterocycles. The normalized spacial score (nSPS) is 12.7. The molecule has 0 aromatic carbocycles. The molecule has 3 nitrogen and oxygen atoms in total.